The van der Waals surface area contributed by atoms with Crippen molar-refractivity contribution in [1.82, 2.24) is 24.1 Å². The lowest BCUT2D eigenvalue weighted by atomic mass is 10.0. The molecule has 2 aliphatic rings. The maximum Gasteiger partial charge on any atom is 0.213 e. The average Bonchev–Trinajstić information content (AvgIpc) is 3.50. The zero-order valence-corrected chi connectivity index (χ0v) is 22.4. The van der Waals surface area contributed by atoms with Gasteiger partial charge in [-0.1, -0.05) is 23.7 Å². The Labute approximate surface area is 226 Å². The van der Waals surface area contributed by atoms with E-state index < -0.39 is 5.82 Å². The third-order valence-electron chi connectivity index (χ3n) is 7.42. The number of ether oxygens (including phenoxy) is 1. The Morgan fingerprint density at radius 3 is 2.68 bits per heavy atom. The molecule has 8 nitrogen and oxygen atoms in total. The third kappa shape index (κ3) is 3.62. The van der Waals surface area contributed by atoms with Crippen molar-refractivity contribution < 1.29 is 9.13 Å². The minimum Gasteiger partial charge on any atom is -0.487 e. The minimum absolute atomic E-state index is 0.0523. The van der Waals surface area contributed by atoms with E-state index in [2.05, 4.69) is 16.9 Å². The van der Waals surface area contributed by atoms with Crippen LogP contribution in [0, 0.1) is 5.82 Å². The Morgan fingerprint density at radius 1 is 1.16 bits per heavy atom. The first-order valence-electron chi connectivity index (χ1n) is 12.5. The number of rotatable bonds is 3. The van der Waals surface area contributed by atoms with Crippen LogP contribution in [-0.4, -0.2) is 63.9 Å². The summed E-state index contributed by atoms with van der Waals surface area (Å²) in [6, 6.07) is 8.79. The Morgan fingerprint density at radius 2 is 1.92 bits per heavy atom. The molecule has 0 radical (unpaired) electrons. The van der Waals surface area contributed by atoms with Crippen LogP contribution in [0.2, 0.25) is 5.02 Å². The van der Waals surface area contributed by atoms with Crippen molar-refractivity contribution in [3.63, 3.8) is 0 Å². The average molecular weight is 551 g/mol. The number of fused-ring (bicyclic) bond motifs is 1. The van der Waals surface area contributed by atoms with Gasteiger partial charge in [0.15, 0.2) is 17.4 Å². The van der Waals surface area contributed by atoms with Gasteiger partial charge >= 0.3 is 0 Å². The highest BCUT2D eigenvalue weighted by molar-refractivity contribution is 7.15. The molecule has 1 atom stereocenters. The quantitative estimate of drug-likeness (QED) is 0.317. The lowest BCUT2D eigenvalue weighted by Crippen LogP contribution is -2.45. The molecule has 0 saturated carbocycles. The highest BCUT2D eigenvalue weighted by Crippen LogP contribution is 2.42. The first-order chi connectivity index (χ1) is 18.4. The van der Waals surface area contributed by atoms with Crippen LogP contribution in [0.15, 0.2) is 46.7 Å². The number of piperazine rings is 1. The molecule has 194 valence electrons. The summed E-state index contributed by atoms with van der Waals surface area (Å²) in [5, 5.41) is 7.60. The summed E-state index contributed by atoms with van der Waals surface area (Å²) in [7, 11) is 2.06. The predicted octanol–water partition coefficient (Wildman–Crippen LogP) is 4.94. The Balaban J connectivity index is 1.40. The second kappa shape index (κ2) is 8.79. The summed E-state index contributed by atoms with van der Waals surface area (Å²) in [6.45, 7) is 5.45. The van der Waals surface area contributed by atoms with Gasteiger partial charge in [0.1, 0.15) is 12.3 Å². The van der Waals surface area contributed by atoms with Crippen LogP contribution in [0.3, 0.4) is 0 Å². The maximum atomic E-state index is 15.7. The van der Waals surface area contributed by atoms with Gasteiger partial charge in [-0.05, 0) is 32.2 Å². The van der Waals surface area contributed by atoms with Crippen molar-refractivity contribution in [2.45, 2.75) is 13.0 Å². The molecular formula is C27H24ClFN6O2S. The van der Waals surface area contributed by atoms with Crippen LogP contribution in [0.4, 0.5) is 10.1 Å². The summed E-state index contributed by atoms with van der Waals surface area (Å²) in [5.41, 5.74) is 2.88. The van der Waals surface area contributed by atoms with Crippen molar-refractivity contribution in [3.05, 3.63) is 63.0 Å². The Bertz CT molecular complexity index is 1770. The van der Waals surface area contributed by atoms with Crippen molar-refractivity contribution in [2.75, 3.05) is 44.7 Å². The fourth-order valence-corrected chi connectivity index (χ4v) is 6.27. The molecule has 38 heavy (non-hydrogen) atoms. The number of halogens is 2. The van der Waals surface area contributed by atoms with Crippen molar-refractivity contribution >= 4 is 44.5 Å². The molecule has 0 spiro atoms. The fourth-order valence-electron chi connectivity index (χ4n) is 5.31. The van der Waals surface area contributed by atoms with Crippen LogP contribution in [0.25, 0.3) is 38.5 Å². The molecule has 5 heterocycles. The molecular weight excluding hydrogens is 527 g/mol. The number of anilines is 1. The van der Waals surface area contributed by atoms with Gasteiger partial charge in [0, 0.05) is 48.3 Å². The first-order valence-corrected chi connectivity index (χ1v) is 13.7. The molecule has 3 aromatic heterocycles. The monoisotopic (exact) mass is 550 g/mol. The number of benzene rings is 2. The summed E-state index contributed by atoms with van der Waals surface area (Å²) in [5.74, 6) is 0.304. The van der Waals surface area contributed by atoms with Crippen LogP contribution in [0.5, 0.6) is 5.75 Å². The SMILES string of the molecule is CC1COc2c(N3CCN(C)CC3)c(F)cc3c(=O)c(-c4nc5scc(-c6ccc(Cl)cc6)n5n4)cn1c23. The van der Waals surface area contributed by atoms with Crippen LogP contribution in [0.1, 0.15) is 13.0 Å². The van der Waals surface area contributed by atoms with E-state index in [1.165, 1.54) is 17.4 Å². The second-order valence-corrected chi connectivity index (χ2v) is 11.2. The van der Waals surface area contributed by atoms with Gasteiger partial charge in [0.2, 0.25) is 10.4 Å². The van der Waals surface area contributed by atoms with Gasteiger partial charge in [0.25, 0.3) is 0 Å². The van der Waals surface area contributed by atoms with Gasteiger partial charge in [-0.2, -0.15) is 4.98 Å². The van der Waals surface area contributed by atoms with Crippen LogP contribution < -0.4 is 15.1 Å². The molecule has 11 heteroatoms. The number of nitrogens with zero attached hydrogens (tertiary/aromatic N) is 6. The van der Waals surface area contributed by atoms with E-state index >= 15 is 4.39 Å². The number of hydrogen-bond acceptors (Lipinski definition) is 7. The highest BCUT2D eigenvalue weighted by atomic mass is 35.5. The van der Waals surface area contributed by atoms with Crippen molar-refractivity contribution in [3.8, 4) is 28.4 Å². The molecule has 0 aliphatic carbocycles. The molecule has 1 saturated heterocycles. The maximum absolute atomic E-state index is 15.7. The van der Waals surface area contributed by atoms with Crippen molar-refractivity contribution in [1.29, 1.82) is 0 Å². The van der Waals surface area contributed by atoms with Crippen LogP contribution >= 0.6 is 22.9 Å². The van der Waals surface area contributed by atoms with Crippen LogP contribution in [-0.2, 0) is 0 Å². The molecule has 0 N–H and O–H groups in total. The third-order valence-corrected chi connectivity index (χ3v) is 8.49. The molecule has 0 amide bonds. The fraction of sp³-hybridized carbons (Fsp3) is 0.296. The second-order valence-electron chi connectivity index (χ2n) is 9.92. The van der Waals surface area contributed by atoms with E-state index in [9.17, 15) is 4.79 Å². The molecule has 1 unspecified atom stereocenters. The number of likely N-dealkylation sites (N-methyl/N-ethyl adjacent to an activating group) is 1. The van der Waals surface area contributed by atoms with E-state index in [4.69, 9.17) is 21.4 Å². The predicted molar refractivity (Wildman–Crippen MR) is 148 cm³/mol. The lowest BCUT2D eigenvalue weighted by Gasteiger charge is -2.37. The molecule has 5 aromatic rings. The minimum atomic E-state index is -0.448. The summed E-state index contributed by atoms with van der Waals surface area (Å²) in [4.78, 5) is 23.4. The van der Waals surface area contributed by atoms with Gasteiger partial charge in [-0.15, -0.1) is 16.4 Å². The van der Waals surface area contributed by atoms with Gasteiger partial charge < -0.3 is 19.1 Å². The van der Waals surface area contributed by atoms with Gasteiger partial charge in [-0.25, -0.2) is 8.91 Å². The highest BCUT2D eigenvalue weighted by Gasteiger charge is 2.31. The van der Waals surface area contributed by atoms with E-state index in [0.29, 0.717) is 58.0 Å². The number of pyridine rings is 1. The Hall–Kier alpha value is -3.47. The molecule has 1 fully saturated rings. The normalized spacial score (nSPS) is 17.9. The molecule has 2 aromatic carbocycles. The molecule has 0 bridgehead atoms. The Kier molecular flexibility index (Phi) is 5.47. The largest absolute Gasteiger partial charge is 0.487 e. The number of aromatic nitrogens is 4. The van der Waals surface area contributed by atoms with E-state index in [1.54, 1.807) is 10.7 Å². The summed E-state index contributed by atoms with van der Waals surface area (Å²) in [6.07, 6.45) is 1.80. The van der Waals surface area contributed by atoms with Crippen molar-refractivity contribution in [2.24, 2.45) is 0 Å². The summed E-state index contributed by atoms with van der Waals surface area (Å²) >= 11 is 7.50. The lowest BCUT2D eigenvalue weighted by molar-refractivity contribution is 0.245. The van der Waals surface area contributed by atoms with E-state index in [0.717, 1.165) is 24.3 Å². The standard InChI is InChI=1S/C27H24ClFN6O2S/c1-15-13-37-25-22-18(11-20(29)23(25)33-9-7-32(2)8-10-33)24(36)19(12-34(15)22)26-30-27-35(31-26)21(14-38-27)16-3-5-17(28)6-4-16/h3-6,11-12,14-15H,7-10,13H2,1-2H3. The molecule has 2 aliphatic heterocycles. The zero-order valence-electron chi connectivity index (χ0n) is 20.8. The molecule has 7 rings (SSSR count). The van der Waals surface area contributed by atoms with E-state index in [1.807, 2.05) is 46.0 Å². The van der Waals surface area contributed by atoms with Gasteiger partial charge in [0.05, 0.1) is 28.2 Å². The first kappa shape index (κ1) is 23.6. The smallest absolute Gasteiger partial charge is 0.213 e. The van der Waals surface area contributed by atoms with E-state index in [-0.39, 0.29) is 16.9 Å². The van der Waals surface area contributed by atoms with Gasteiger partial charge in [-0.3, -0.25) is 4.79 Å². The topological polar surface area (TPSA) is 67.9 Å². The number of thiazole rings is 1. The number of hydrogen-bond donors (Lipinski definition) is 0. The summed E-state index contributed by atoms with van der Waals surface area (Å²) < 4.78 is 25.5. The zero-order chi connectivity index (χ0) is 26.1.